The standard InChI is InChI=1S/C23H38N2O2/c1-2-3-4-7-15-10-12-19-18(14-15)23(27)25-22(24-19)21-17-9-6-5-8-16(17)11-13-20(21)26/h15-21,26H,2-14H2,1H3,(H,24,25,27). The Kier molecular flexibility index (Phi) is 6.21. The Bertz CT molecular complexity index is 561. The fraction of sp³-hybridized carbons (Fsp3) is 0.913. The molecule has 3 saturated carbocycles. The van der Waals surface area contributed by atoms with Gasteiger partial charge in [0.2, 0.25) is 5.91 Å². The van der Waals surface area contributed by atoms with Gasteiger partial charge in [-0.3, -0.25) is 9.79 Å². The van der Waals surface area contributed by atoms with Crippen LogP contribution in [0.3, 0.4) is 0 Å². The summed E-state index contributed by atoms with van der Waals surface area (Å²) in [6, 6.07) is 0.160. The summed E-state index contributed by atoms with van der Waals surface area (Å²) >= 11 is 0. The molecule has 0 radical (unpaired) electrons. The highest BCUT2D eigenvalue weighted by Gasteiger charge is 2.46. The van der Waals surface area contributed by atoms with Crippen LogP contribution >= 0.6 is 0 Å². The Morgan fingerprint density at radius 2 is 1.93 bits per heavy atom. The van der Waals surface area contributed by atoms with Gasteiger partial charge in [0.1, 0.15) is 5.84 Å². The molecule has 4 heteroatoms. The number of unbranched alkanes of at least 4 members (excludes halogenated alkanes) is 2. The number of rotatable bonds is 5. The Morgan fingerprint density at radius 3 is 2.78 bits per heavy atom. The lowest BCUT2D eigenvalue weighted by Crippen LogP contribution is -2.55. The van der Waals surface area contributed by atoms with Gasteiger partial charge in [0.15, 0.2) is 0 Å². The van der Waals surface area contributed by atoms with Crippen molar-refractivity contribution in [3.05, 3.63) is 0 Å². The number of carbonyl (C=O) groups is 1. The van der Waals surface area contributed by atoms with Crippen LogP contribution in [0.1, 0.15) is 90.4 Å². The molecule has 27 heavy (non-hydrogen) atoms. The number of nitrogens with one attached hydrogen (secondary N) is 1. The van der Waals surface area contributed by atoms with Crippen molar-refractivity contribution in [2.75, 3.05) is 0 Å². The molecule has 3 aliphatic carbocycles. The normalized spacial score (nSPS) is 41.9. The van der Waals surface area contributed by atoms with Gasteiger partial charge in [-0.25, -0.2) is 0 Å². The average Bonchev–Trinajstić information content (AvgIpc) is 2.68. The first-order chi connectivity index (χ1) is 13.2. The zero-order valence-electron chi connectivity index (χ0n) is 17.0. The zero-order valence-corrected chi connectivity index (χ0v) is 17.0. The first kappa shape index (κ1) is 19.4. The van der Waals surface area contributed by atoms with Crippen molar-refractivity contribution in [1.82, 2.24) is 5.32 Å². The summed E-state index contributed by atoms with van der Waals surface area (Å²) in [7, 11) is 0. The monoisotopic (exact) mass is 374 g/mol. The maximum atomic E-state index is 13.0. The highest BCUT2D eigenvalue weighted by molar-refractivity contribution is 6.03. The number of aliphatic hydroxyl groups excluding tert-OH is 1. The number of hydrogen-bond donors (Lipinski definition) is 2. The molecule has 0 spiro atoms. The van der Waals surface area contributed by atoms with Gasteiger partial charge in [-0.1, -0.05) is 51.9 Å². The van der Waals surface area contributed by atoms with Crippen molar-refractivity contribution in [1.29, 1.82) is 0 Å². The lowest BCUT2D eigenvalue weighted by atomic mass is 9.63. The number of nitrogens with zero attached hydrogens (tertiary/aromatic N) is 1. The van der Waals surface area contributed by atoms with E-state index in [2.05, 4.69) is 12.2 Å². The second kappa shape index (κ2) is 8.63. The average molecular weight is 375 g/mol. The fourth-order valence-corrected chi connectivity index (χ4v) is 6.52. The summed E-state index contributed by atoms with van der Waals surface area (Å²) in [5, 5.41) is 14.0. The van der Waals surface area contributed by atoms with Gasteiger partial charge in [0.25, 0.3) is 0 Å². The first-order valence-electron chi connectivity index (χ1n) is 11.7. The van der Waals surface area contributed by atoms with E-state index in [0.717, 1.165) is 37.4 Å². The third-order valence-electron chi connectivity index (χ3n) is 8.02. The highest BCUT2D eigenvalue weighted by atomic mass is 16.3. The smallest absolute Gasteiger partial charge is 0.230 e. The molecule has 2 N–H and O–H groups in total. The Hall–Kier alpha value is -0.900. The highest BCUT2D eigenvalue weighted by Crippen LogP contribution is 2.45. The first-order valence-corrected chi connectivity index (χ1v) is 11.7. The Morgan fingerprint density at radius 1 is 1.07 bits per heavy atom. The third kappa shape index (κ3) is 4.11. The van der Waals surface area contributed by atoms with E-state index in [1.165, 1.54) is 57.8 Å². The number of carbonyl (C=O) groups excluding carboxylic acids is 1. The van der Waals surface area contributed by atoms with Gasteiger partial charge in [0, 0.05) is 5.92 Å². The molecule has 7 unspecified atom stereocenters. The van der Waals surface area contributed by atoms with Crippen molar-refractivity contribution < 1.29 is 9.90 Å². The van der Waals surface area contributed by atoms with E-state index < -0.39 is 0 Å². The van der Waals surface area contributed by atoms with Gasteiger partial charge < -0.3 is 10.4 Å². The molecule has 4 rings (SSSR count). The largest absolute Gasteiger partial charge is 0.392 e. The predicted molar refractivity (Wildman–Crippen MR) is 109 cm³/mol. The molecule has 4 aliphatic rings. The van der Waals surface area contributed by atoms with E-state index in [0.29, 0.717) is 11.8 Å². The minimum Gasteiger partial charge on any atom is -0.392 e. The molecule has 3 fully saturated rings. The number of amides is 1. The minimum absolute atomic E-state index is 0.0660. The fourth-order valence-electron chi connectivity index (χ4n) is 6.52. The van der Waals surface area contributed by atoms with Crippen molar-refractivity contribution in [2.45, 2.75) is 103 Å². The minimum atomic E-state index is -0.328. The third-order valence-corrected chi connectivity index (χ3v) is 8.02. The molecule has 0 saturated heterocycles. The van der Waals surface area contributed by atoms with Gasteiger partial charge in [-0.15, -0.1) is 0 Å². The SMILES string of the molecule is CCCCCC1CCC2N=C(C3C(O)CCC4CCCCC43)NC(=O)C2C1. The van der Waals surface area contributed by atoms with Gasteiger partial charge in [-0.05, 0) is 56.3 Å². The number of aliphatic hydroxyl groups is 1. The van der Waals surface area contributed by atoms with Crippen LogP contribution in [0.5, 0.6) is 0 Å². The summed E-state index contributed by atoms with van der Waals surface area (Å²) in [6.07, 6.45) is 15.2. The second-order valence-corrected chi connectivity index (χ2v) is 9.73. The van der Waals surface area contributed by atoms with Crippen LogP contribution < -0.4 is 5.32 Å². The van der Waals surface area contributed by atoms with E-state index in [-0.39, 0.29) is 29.9 Å². The number of hydrogen-bond acceptors (Lipinski definition) is 3. The molecular formula is C23H38N2O2. The van der Waals surface area contributed by atoms with Crippen LogP contribution in [0.2, 0.25) is 0 Å². The zero-order chi connectivity index (χ0) is 18.8. The summed E-state index contributed by atoms with van der Waals surface area (Å²) in [5.74, 6) is 3.10. The predicted octanol–water partition coefficient (Wildman–Crippen LogP) is 4.46. The second-order valence-electron chi connectivity index (χ2n) is 9.73. The topological polar surface area (TPSA) is 61.7 Å². The van der Waals surface area contributed by atoms with Gasteiger partial charge >= 0.3 is 0 Å². The number of fused-ring (bicyclic) bond motifs is 2. The maximum absolute atomic E-state index is 13.0. The summed E-state index contributed by atoms with van der Waals surface area (Å²) < 4.78 is 0. The van der Waals surface area contributed by atoms with Crippen LogP contribution in [0.25, 0.3) is 0 Å². The molecule has 0 bridgehead atoms. The van der Waals surface area contributed by atoms with Crippen LogP contribution in [0.15, 0.2) is 4.99 Å². The van der Waals surface area contributed by atoms with E-state index in [4.69, 9.17) is 4.99 Å². The van der Waals surface area contributed by atoms with Crippen LogP contribution in [-0.2, 0) is 4.79 Å². The van der Waals surface area contributed by atoms with E-state index >= 15 is 0 Å². The Labute approximate surface area is 164 Å². The van der Waals surface area contributed by atoms with Gasteiger partial charge in [-0.2, -0.15) is 0 Å². The van der Waals surface area contributed by atoms with Crippen molar-refractivity contribution in [3.63, 3.8) is 0 Å². The Balaban J connectivity index is 1.45. The molecule has 4 nitrogen and oxygen atoms in total. The quantitative estimate of drug-likeness (QED) is 0.698. The number of aliphatic imine (C=N–C) groups is 1. The van der Waals surface area contributed by atoms with Gasteiger partial charge in [0.05, 0.1) is 18.1 Å². The molecule has 0 aromatic rings. The number of amidine groups is 1. The van der Waals surface area contributed by atoms with E-state index in [1.54, 1.807) is 0 Å². The summed E-state index contributed by atoms with van der Waals surface area (Å²) in [4.78, 5) is 18.0. The van der Waals surface area contributed by atoms with Crippen LogP contribution in [-0.4, -0.2) is 29.0 Å². The lowest BCUT2D eigenvalue weighted by Gasteiger charge is -2.46. The molecule has 1 aliphatic heterocycles. The van der Waals surface area contributed by atoms with Crippen molar-refractivity contribution in [3.8, 4) is 0 Å². The molecule has 7 atom stereocenters. The molecule has 1 amide bonds. The molecule has 1 heterocycles. The maximum Gasteiger partial charge on any atom is 0.230 e. The van der Waals surface area contributed by atoms with Crippen LogP contribution in [0, 0.1) is 29.6 Å². The van der Waals surface area contributed by atoms with E-state index in [1.807, 2.05) is 0 Å². The molecule has 0 aromatic heterocycles. The summed E-state index contributed by atoms with van der Waals surface area (Å²) in [6.45, 7) is 2.25. The summed E-state index contributed by atoms with van der Waals surface area (Å²) in [5.41, 5.74) is 0. The molecule has 152 valence electrons. The lowest BCUT2D eigenvalue weighted by molar-refractivity contribution is -0.126. The molecule has 0 aromatic carbocycles. The molecular weight excluding hydrogens is 336 g/mol. The van der Waals surface area contributed by atoms with Crippen molar-refractivity contribution >= 4 is 11.7 Å². The van der Waals surface area contributed by atoms with E-state index in [9.17, 15) is 9.90 Å². The van der Waals surface area contributed by atoms with Crippen molar-refractivity contribution in [2.24, 2.45) is 34.6 Å². The van der Waals surface area contributed by atoms with Crippen LogP contribution in [0.4, 0.5) is 0 Å².